The van der Waals surface area contributed by atoms with E-state index in [9.17, 15) is 22.4 Å². The van der Waals surface area contributed by atoms with Gasteiger partial charge in [0.2, 0.25) is 0 Å². The first-order valence-electron chi connectivity index (χ1n) is 5.44. The molecule has 0 aliphatic rings. The van der Waals surface area contributed by atoms with Gasteiger partial charge in [0.25, 0.3) is 0 Å². The van der Waals surface area contributed by atoms with E-state index in [1.165, 1.54) is 0 Å². The van der Waals surface area contributed by atoms with E-state index in [0.717, 1.165) is 6.07 Å². The summed E-state index contributed by atoms with van der Waals surface area (Å²) in [6.07, 6.45) is -3.70. The summed E-state index contributed by atoms with van der Waals surface area (Å²) in [7, 11) is 0. The Kier molecular flexibility index (Phi) is 4.45. The Balaban J connectivity index is 3.01. The van der Waals surface area contributed by atoms with Crippen molar-refractivity contribution in [1.29, 1.82) is 0 Å². The maximum atomic E-state index is 13.2. The Morgan fingerprint density at radius 1 is 1.39 bits per heavy atom. The van der Waals surface area contributed by atoms with Crippen molar-refractivity contribution in [2.24, 2.45) is 5.73 Å². The summed E-state index contributed by atoms with van der Waals surface area (Å²) in [6.45, 7) is 1.82. The van der Waals surface area contributed by atoms with E-state index in [1.807, 2.05) is 6.92 Å². The first kappa shape index (κ1) is 14.6. The van der Waals surface area contributed by atoms with Gasteiger partial charge in [-0.05, 0) is 18.6 Å². The van der Waals surface area contributed by atoms with Crippen LogP contribution in [0.3, 0.4) is 0 Å². The van der Waals surface area contributed by atoms with Crippen molar-refractivity contribution in [1.82, 2.24) is 0 Å². The van der Waals surface area contributed by atoms with Crippen LogP contribution in [0.1, 0.15) is 35.7 Å². The van der Waals surface area contributed by atoms with E-state index < -0.39 is 29.4 Å². The van der Waals surface area contributed by atoms with Gasteiger partial charge in [-0.25, -0.2) is 4.39 Å². The Hall–Kier alpha value is -1.43. The van der Waals surface area contributed by atoms with Crippen molar-refractivity contribution in [3.63, 3.8) is 0 Å². The molecule has 1 aromatic carbocycles. The average Bonchev–Trinajstić information content (AvgIpc) is 2.26. The normalized spacial score (nSPS) is 13.4. The third-order valence-corrected chi connectivity index (χ3v) is 2.50. The third-order valence-electron chi connectivity index (χ3n) is 2.50. The molecular weight excluding hydrogens is 250 g/mol. The topological polar surface area (TPSA) is 43.1 Å². The molecule has 1 atom stereocenters. The van der Waals surface area contributed by atoms with E-state index in [-0.39, 0.29) is 5.56 Å². The molecule has 0 bridgehead atoms. The van der Waals surface area contributed by atoms with E-state index >= 15 is 0 Å². The molecule has 1 rings (SSSR count). The summed E-state index contributed by atoms with van der Waals surface area (Å²) < 4.78 is 50.2. The van der Waals surface area contributed by atoms with Crippen LogP contribution in [0, 0.1) is 5.82 Å². The number of benzene rings is 1. The van der Waals surface area contributed by atoms with Crippen molar-refractivity contribution < 1.29 is 22.4 Å². The predicted molar refractivity (Wildman–Crippen MR) is 58.6 cm³/mol. The first-order chi connectivity index (χ1) is 8.27. The fraction of sp³-hybridized carbons (Fsp3) is 0.417. The maximum Gasteiger partial charge on any atom is 0.419 e. The SMILES string of the molecule is CCCC(N)C(=O)c1ccc(C(F)(F)F)c(F)c1. The van der Waals surface area contributed by atoms with E-state index in [2.05, 4.69) is 0 Å². The standard InChI is InChI=1S/C12H13F4NO/c1-2-3-10(17)11(18)7-4-5-8(9(13)6-7)12(14,15)16/h4-6,10H,2-3,17H2,1H3. The van der Waals surface area contributed by atoms with Crippen LogP contribution in [-0.2, 0) is 6.18 Å². The smallest absolute Gasteiger partial charge is 0.321 e. The Bertz CT molecular complexity index is 442. The lowest BCUT2D eigenvalue weighted by molar-refractivity contribution is -0.140. The zero-order valence-electron chi connectivity index (χ0n) is 9.72. The van der Waals surface area contributed by atoms with Crippen LogP contribution in [0.2, 0.25) is 0 Å². The molecule has 2 nitrogen and oxygen atoms in total. The second kappa shape index (κ2) is 5.48. The maximum absolute atomic E-state index is 13.2. The van der Waals surface area contributed by atoms with E-state index in [0.29, 0.717) is 25.0 Å². The molecule has 0 heterocycles. The van der Waals surface area contributed by atoms with Crippen LogP contribution in [0.5, 0.6) is 0 Å². The molecule has 100 valence electrons. The molecule has 0 aromatic heterocycles. The molecule has 0 radical (unpaired) electrons. The molecule has 0 aliphatic carbocycles. The molecule has 6 heteroatoms. The molecule has 18 heavy (non-hydrogen) atoms. The lowest BCUT2D eigenvalue weighted by Crippen LogP contribution is -2.30. The molecule has 1 unspecified atom stereocenters. The number of carbonyl (C=O) groups is 1. The van der Waals surface area contributed by atoms with Gasteiger partial charge in [-0.1, -0.05) is 19.4 Å². The van der Waals surface area contributed by atoms with Gasteiger partial charge in [0.15, 0.2) is 5.78 Å². The molecule has 0 spiro atoms. The summed E-state index contributed by atoms with van der Waals surface area (Å²) >= 11 is 0. The number of halogens is 4. The Labute approximate surface area is 102 Å². The summed E-state index contributed by atoms with van der Waals surface area (Å²) in [5, 5.41) is 0. The quantitative estimate of drug-likeness (QED) is 0.669. The minimum atomic E-state index is -4.77. The van der Waals surface area contributed by atoms with Crippen LogP contribution >= 0.6 is 0 Å². The summed E-state index contributed by atoms with van der Waals surface area (Å²) in [4.78, 5) is 11.7. The van der Waals surface area contributed by atoms with Crippen LogP contribution in [0.15, 0.2) is 18.2 Å². The average molecular weight is 263 g/mol. The zero-order chi connectivity index (χ0) is 13.9. The molecule has 0 fully saturated rings. The number of Topliss-reactive ketones (excluding diaryl/α,β-unsaturated/α-hetero) is 1. The Morgan fingerprint density at radius 3 is 2.44 bits per heavy atom. The molecule has 0 amide bonds. The molecule has 1 aromatic rings. The lowest BCUT2D eigenvalue weighted by Gasteiger charge is -2.11. The first-order valence-corrected chi connectivity index (χ1v) is 5.44. The highest BCUT2D eigenvalue weighted by atomic mass is 19.4. The number of alkyl halides is 3. The number of carbonyl (C=O) groups excluding carboxylic acids is 1. The van der Waals surface area contributed by atoms with Gasteiger partial charge in [0, 0.05) is 5.56 Å². The summed E-state index contributed by atoms with van der Waals surface area (Å²) in [5.41, 5.74) is 4.02. The highest BCUT2D eigenvalue weighted by molar-refractivity contribution is 6.00. The predicted octanol–water partition coefficient (Wildman–Crippen LogP) is 3.15. The number of ketones is 1. The van der Waals surface area contributed by atoms with E-state index in [4.69, 9.17) is 5.73 Å². The van der Waals surface area contributed by atoms with Crippen LogP contribution in [0.4, 0.5) is 17.6 Å². The van der Waals surface area contributed by atoms with Gasteiger partial charge in [-0.15, -0.1) is 0 Å². The van der Waals surface area contributed by atoms with Crippen molar-refractivity contribution in [2.75, 3.05) is 0 Å². The van der Waals surface area contributed by atoms with Crippen molar-refractivity contribution in [3.8, 4) is 0 Å². The minimum Gasteiger partial charge on any atom is -0.321 e. The highest BCUT2D eigenvalue weighted by Gasteiger charge is 2.34. The number of hydrogen-bond donors (Lipinski definition) is 1. The second-order valence-electron chi connectivity index (χ2n) is 3.95. The van der Waals surface area contributed by atoms with Gasteiger partial charge in [0.05, 0.1) is 11.6 Å². The van der Waals surface area contributed by atoms with Crippen LogP contribution in [0.25, 0.3) is 0 Å². The van der Waals surface area contributed by atoms with Gasteiger partial charge >= 0.3 is 6.18 Å². The highest BCUT2D eigenvalue weighted by Crippen LogP contribution is 2.31. The van der Waals surface area contributed by atoms with Gasteiger partial charge in [-0.3, -0.25) is 4.79 Å². The lowest BCUT2D eigenvalue weighted by atomic mass is 10.00. The van der Waals surface area contributed by atoms with Crippen molar-refractivity contribution >= 4 is 5.78 Å². The molecule has 2 N–H and O–H groups in total. The van der Waals surface area contributed by atoms with Crippen molar-refractivity contribution in [3.05, 3.63) is 35.1 Å². The number of rotatable bonds is 4. The van der Waals surface area contributed by atoms with Crippen molar-refractivity contribution in [2.45, 2.75) is 32.0 Å². The van der Waals surface area contributed by atoms with Gasteiger partial charge in [-0.2, -0.15) is 13.2 Å². The largest absolute Gasteiger partial charge is 0.419 e. The monoisotopic (exact) mass is 263 g/mol. The molecular formula is C12H13F4NO. The number of nitrogens with two attached hydrogens (primary N) is 1. The minimum absolute atomic E-state index is 0.138. The molecule has 0 saturated carbocycles. The van der Waals surface area contributed by atoms with Gasteiger partial charge in [0.1, 0.15) is 5.82 Å². The molecule has 0 aliphatic heterocycles. The fourth-order valence-electron chi connectivity index (χ4n) is 1.55. The Morgan fingerprint density at radius 2 is 2.00 bits per heavy atom. The second-order valence-corrected chi connectivity index (χ2v) is 3.95. The summed E-state index contributed by atoms with van der Waals surface area (Å²) in [5.74, 6) is -2.01. The summed E-state index contributed by atoms with van der Waals surface area (Å²) in [6, 6.07) is 1.28. The fourth-order valence-corrected chi connectivity index (χ4v) is 1.55. The van der Waals surface area contributed by atoms with Crippen LogP contribution < -0.4 is 5.73 Å². The third kappa shape index (κ3) is 3.29. The zero-order valence-corrected chi connectivity index (χ0v) is 9.72. The van der Waals surface area contributed by atoms with Crippen LogP contribution in [-0.4, -0.2) is 11.8 Å². The van der Waals surface area contributed by atoms with Gasteiger partial charge < -0.3 is 5.73 Å². The van der Waals surface area contributed by atoms with E-state index in [1.54, 1.807) is 0 Å². The number of hydrogen-bond acceptors (Lipinski definition) is 2. The molecule has 0 saturated heterocycles.